The summed E-state index contributed by atoms with van der Waals surface area (Å²) < 4.78 is 40.8. The van der Waals surface area contributed by atoms with Gasteiger partial charge in [0.25, 0.3) is 0 Å². The van der Waals surface area contributed by atoms with E-state index in [1.165, 1.54) is 18.2 Å². The van der Waals surface area contributed by atoms with Crippen LogP contribution in [0.1, 0.15) is 16.8 Å². The van der Waals surface area contributed by atoms with Crippen molar-refractivity contribution in [2.45, 2.75) is 6.18 Å². The van der Waals surface area contributed by atoms with Crippen molar-refractivity contribution in [3.05, 3.63) is 77.5 Å². The molecule has 0 saturated carbocycles. The third-order valence-corrected chi connectivity index (χ3v) is 3.99. The van der Waals surface area contributed by atoms with Crippen molar-refractivity contribution in [1.82, 2.24) is 4.57 Å². The molecule has 1 aromatic heterocycles. The summed E-state index contributed by atoms with van der Waals surface area (Å²) in [6.07, 6.45) is 0.471. The smallest absolute Gasteiger partial charge is 0.343 e. The maximum Gasteiger partial charge on any atom is 0.416 e. The minimum atomic E-state index is -4.35. The molecular weight excluding hydrogens is 361 g/mol. The number of aliphatic imine (C=N–C) groups is 1. The number of halogens is 4. The standard InChI is InChI=1S/C20H17F3N2.ClH/c1-25-17(13-16-8-3-5-11-19(16)25)14-24-12-6-9-15-7-2-4-10-18(15)20(21,22)23;/h2-11,13-14H,12H2,1H3;1H/b9-6+,24-14?;. The van der Waals surface area contributed by atoms with Gasteiger partial charge < -0.3 is 4.57 Å². The summed E-state index contributed by atoms with van der Waals surface area (Å²) in [7, 11) is 1.96. The molecule has 2 nitrogen and oxygen atoms in total. The predicted octanol–water partition coefficient (Wildman–Crippen LogP) is 5.75. The van der Waals surface area contributed by atoms with Crippen LogP contribution in [0.3, 0.4) is 0 Å². The summed E-state index contributed by atoms with van der Waals surface area (Å²) in [5, 5.41) is 1.13. The Morgan fingerprint density at radius 2 is 1.73 bits per heavy atom. The maximum atomic E-state index is 12.9. The first-order chi connectivity index (χ1) is 12.0. The zero-order valence-electron chi connectivity index (χ0n) is 14.1. The van der Waals surface area contributed by atoms with Gasteiger partial charge in [-0.3, -0.25) is 4.99 Å². The molecule has 0 atom stereocenters. The van der Waals surface area contributed by atoms with Gasteiger partial charge in [0, 0.05) is 24.2 Å². The van der Waals surface area contributed by atoms with E-state index in [9.17, 15) is 13.2 Å². The molecule has 3 rings (SSSR count). The largest absolute Gasteiger partial charge is 0.416 e. The summed E-state index contributed by atoms with van der Waals surface area (Å²) in [6, 6.07) is 15.6. The zero-order chi connectivity index (χ0) is 17.9. The van der Waals surface area contributed by atoms with Gasteiger partial charge in [-0.2, -0.15) is 13.2 Å². The monoisotopic (exact) mass is 378 g/mol. The minimum Gasteiger partial charge on any atom is -0.343 e. The Morgan fingerprint density at radius 3 is 2.46 bits per heavy atom. The van der Waals surface area contributed by atoms with Crippen molar-refractivity contribution >= 4 is 35.6 Å². The van der Waals surface area contributed by atoms with Crippen LogP contribution < -0.4 is 0 Å². The molecule has 0 unspecified atom stereocenters. The van der Waals surface area contributed by atoms with Gasteiger partial charge in [0.2, 0.25) is 0 Å². The zero-order valence-corrected chi connectivity index (χ0v) is 14.9. The van der Waals surface area contributed by atoms with E-state index < -0.39 is 11.7 Å². The van der Waals surface area contributed by atoms with Crippen LogP contribution in [0.15, 0.2) is 65.7 Å². The lowest BCUT2D eigenvalue weighted by Crippen LogP contribution is -2.06. The fourth-order valence-corrected chi connectivity index (χ4v) is 2.72. The Labute approximate surface area is 156 Å². The number of hydrogen-bond donors (Lipinski definition) is 0. The highest BCUT2D eigenvalue weighted by atomic mass is 35.5. The Bertz CT molecular complexity index is 940. The number of alkyl halides is 3. The van der Waals surface area contributed by atoms with Gasteiger partial charge in [-0.05, 0) is 23.8 Å². The number of rotatable bonds is 4. The van der Waals surface area contributed by atoms with E-state index in [0.717, 1.165) is 22.7 Å². The molecule has 0 saturated heterocycles. The molecule has 0 spiro atoms. The lowest BCUT2D eigenvalue weighted by Gasteiger charge is -2.09. The summed E-state index contributed by atoms with van der Waals surface area (Å²) in [5.41, 5.74) is 1.57. The average Bonchev–Trinajstić information content (AvgIpc) is 2.91. The molecule has 0 amide bonds. The lowest BCUT2D eigenvalue weighted by molar-refractivity contribution is -0.137. The second-order valence-electron chi connectivity index (χ2n) is 5.67. The molecule has 0 fully saturated rings. The molecular formula is C20H18ClF3N2. The van der Waals surface area contributed by atoms with E-state index in [1.54, 1.807) is 18.4 Å². The summed E-state index contributed by atoms with van der Waals surface area (Å²) in [4.78, 5) is 4.29. The average molecular weight is 379 g/mol. The second-order valence-corrected chi connectivity index (χ2v) is 5.67. The number of para-hydroxylation sites is 1. The van der Waals surface area contributed by atoms with Gasteiger partial charge >= 0.3 is 6.18 Å². The van der Waals surface area contributed by atoms with Crippen LogP contribution in [0.25, 0.3) is 17.0 Å². The van der Waals surface area contributed by atoms with Crippen LogP contribution in [0.4, 0.5) is 13.2 Å². The fraction of sp³-hybridized carbons (Fsp3) is 0.150. The molecule has 0 bridgehead atoms. The topological polar surface area (TPSA) is 17.3 Å². The number of fused-ring (bicyclic) bond motifs is 1. The van der Waals surface area contributed by atoms with Crippen LogP contribution in [0.2, 0.25) is 0 Å². The Kier molecular flexibility index (Phi) is 6.27. The van der Waals surface area contributed by atoms with E-state index >= 15 is 0 Å². The number of benzene rings is 2. The summed E-state index contributed by atoms with van der Waals surface area (Å²) in [6.45, 7) is 0.313. The number of aryl methyl sites for hydroxylation is 1. The van der Waals surface area contributed by atoms with Crippen molar-refractivity contribution in [3.8, 4) is 0 Å². The first-order valence-corrected chi connectivity index (χ1v) is 7.84. The molecule has 0 N–H and O–H groups in total. The molecule has 0 aliphatic heterocycles. The first kappa shape index (κ1) is 19.8. The van der Waals surface area contributed by atoms with Crippen molar-refractivity contribution < 1.29 is 13.2 Å². The highest BCUT2D eigenvalue weighted by Crippen LogP contribution is 2.32. The SMILES string of the molecule is Cl.Cn1c(C=NC/C=C/c2ccccc2C(F)(F)F)cc2ccccc21. The van der Waals surface area contributed by atoms with Gasteiger partial charge in [-0.25, -0.2) is 0 Å². The van der Waals surface area contributed by atoms with Crippen molar-refractivity contribution in [3.63, 3.8) is 0 Å². The molecule has 3 aromatic rings. The number of nitrogens with zero attached hydrogens (tertiary/aromatic N) is 2. The minimum absolute atomic E-state index is 0. The van der Waals surface area contributed by atoms with E-state index in [2.05, 4.69) is 4.99 Å². The highest BCUT2D eigenvalue weighted by molar-refractivity contribution is 5.90. The van der Waals surface area contributed by atoms with Crippen LogP contribution in [-0.4, -0.2) is 17.3 Å². The molecule has 6 heteroatoms. The van der Waals surface area contributed by atoms with Gasteiger partial charge in [-0.15, -0.1) is 12.4 Å². The van der Waals surface area contributed by atoms with Crippen LogP contribution in [0, 0.1) is 0 Å². The molecule has 0 radical (unpaired) electrons. The van der Waals surface area contributed by atoms with E-state index in [0.29, 0.717) is 6.54 Å². The van der Waals surface area contributed by atoms with Gasteiger partial charge in [0.15, 0.2) is 0 Å². The van der Waals surface area contributed by atoms with Crippen LogP contribution >= 0.6 is 12.4 Å². The quantitative estimate of drug-likeness (QED) is 0.514. The van der Waals surface area contributed by atoms with Gasteiger partial charge in [0.05, 0.1) is 17.8 Å². The highest BCUT2D eigenvalue weighted by Gasteiger charge is 2.32. The maximum absolute atomic E-state index is 12.9. The van der Waals surface area contributed by atoms with Gasteiger partial charge in [0.1, 0.15) is 0 Å². The Balaban J connectivity index is 0.00000243. The van der Waals surface area contributed by atoms with Crippen LogP contribution in [-0.2, 0) is 13.2 Å². The molecule has 26 heavy (non-hydrogen) atoms. The van der Waals surface area contributed by atoms with Crippen molar-refractivity contribution in [1.29, 1.82) is 0 Å². The van der Waals surface area contributed by atoms with E-state index in [4.69, 9.17) is 0 Å². The second kappa shape index (κ2) is 8.23. The Morgan fingerprint density at radius 1 is 1.04 bits per heavy atom. The molecule has 2 aromatic carbocycles. The number of aromatic nitrogens is 1. The van der Waals surface area contributed by atoms with Crippen molar-refractivity contribution in [2.75, 3.05) is 6.54 Å². The summed E-state index contributed by atoms with van der Waals surface area (Å²) in [5.74, 6) is 0. The third-order valence-electron chi connectivity index (χ3n) is 3.99. The van der Waals surface area contributed by atoms with E-state index in [1.807, 2.05) is 41.9 Å². The van der Waals surface area contributed by atoms with E-state index in [-0.39, 0.29) is 18.0 Å². The molecule has 0 aliphatic rings. The van der Waals surface area contributed by atoms with Crippen LogP contribution in [0.5, 0.6) is 0 Å². The van der Waals surface area contributed by atoms with Gasteiger partial charge in [-0.1, -0.05) is 48.6 Å². The predicted molar refractivity (Wildman–Crippen MR) is 103 cm³/mol. The Hall–Kier alpha value is -2.53. The first-order valence-electron chi connectivity index (χ1n) is 7.84. The normalized spacial score (nSPS) is 12.2. The number of hydrogen-bond acceptors (Lipinski definition) is 1. The molecule has 1 heterocycles. The fourth-order valence-electron chi connectivity index (χ4n) is 2.72. The summed E-state index contributed by atoms with van der Waals surface area (Å²) >= 11 is 0. The molecule has 0 aliphatic carbocycles. The third kappa shape index (κ3) is 4.35. The lowest BCUT2D eigenvalue weighted by atomic mass is 10.1. The molecule has 136 valence electrons. The van der Waals surface area contributed by atoms with Crippen molar-refractivity contribution in [2.24, 2.45) is 12.0 Å².